The van der Waals surface area contributed by atoms with E-state index in [-0.39, 0.29) is 6.04 Å². The summed E-state index contributed by atoms with van der Waals surface area (Å²) in [6.45, 7) is 0.993. The number of fused-ring (bicyclic) bond motifs is 1. The summed E-state index contributed by atoms with van der Waals surface area (Å²) in [5.41, 5.74) is 5.21. The number of aromatic hydroxyl groups is 1. The highest BCUT2D eigenvalue weighted by Crippen LogP contribution is 2.38. The minimum atomic E-state index is 0.183. The maximum Gasteiger partial charge on any atom is 0.115 e. The lowest BCUT2D eigenvalue weighted by molar-refractivity contribution is 0.475. The van der Waals surface area contributed by atoms with Crippen molar-refractivity contribution in [2.75, 3.05) is 11.4 Å². The van der Waals surface area contributed by atoms with E-state index in [0.29, 0.717) is 5.75 Å². The summed E-state index contributed by atoms with van der Waals surface area (Å²) in [4.78, 5) is 2.45. The maximum atomic E-state index is 9.62. The minimum absolute atomic E-state index is 0.183. The van der Waals surface area contributed by atoms with Crippen LogP contribution in [0.15, 0.2) is 78.9 Å². The van der Waals surface area contributed by atoms with Crippen LogP contribution >= 0.6 is 0 Å². The molecule has 4 rings (SSSR count). The van der Waals surface area contributed by atoms with Crippen molar-refractivity contribution in [3.63, 3.8) is 0 Å². The Labute approximate surface area is 136 Å². The molecule has 1 aliphatic heterocycles. The van der Waals surface area contributed by atoms with E-state index in [1.807, 2.05) is 12.1 Å². The Balaban J connectivity index is 1.85. The molecule has 0 amide bonds. The lowest BCUT2D eigenvalue weighted by Crippen LogP contribution is -2.36. The molecule has 1 unspecified atom stereocenters. The molecule has 2 nitrogen and oxygen atoms in total. The predicted octanol–water partition coefficient (Wildman–Crippen LogP) is 4.54. The lowest BCUT2D eigenvalue weighted by atomic mass is 9.88. The highest BCUT2D eigenvalue weighted by molar-refractivity contribution is 5.56. The number of benzene rings is 3. The summed E-state index contributed by atoms with van der Waals surface area (Å²) in [6.07, 6.45) is 1.06. The normalized spacial score (nSPS) is 16.9. The molecule has 0 aliphatic carbocycles. The molecule has 0 bridgehead atoms. The fourth-order valence-corrected chi connectivity index (χ4v) is 3.48. The van der Waals surface area contributed by atoms with E-state index in [9.17, 15) is 5.11 Å². The number of hydrogen-bond acceptors (Lipinski definition) is 2. The van der Waals surface area contributed by atoms with Gasteiger partial charge in [0.1, 0.15) is 5.75 Å². The fourth-order valence-electron chi connectivity index (χ4n) is 3.48. The largest absolute Gasteiger partial charge is 0.508 e. The number of phenolic OH excluding ortho intramolecular Hbond substituents is 1. The summed E-state index contributed by atoms with van der Waals surface area (Å²) in [5.74, 6) is 0.309. The first-order valence-electron chi connectivity index (χ1n) is 8.01. The van der Waals surface area contributed by atoms with Crippen LogP contribution < -0.4 is 4.90 Å². The fraction of sp³-hybridized carbons (Fsp3) is 0.143. The molecule has 0 saturated carbocycles. The van der Waals surface area contributed by atoms with Gasteiger partial charge in [-0.3, -0.25) is 0 Å². The van der Waals surface area contributed by atoms with E-state index in [0.717, 1.165) is 13.0 Å². The first kappa shape index (κ1) is 13.9. The summed E-state index contributed by atoms with van der Waals surface area (Å²) >= 11 is 0. The zero-order valence-corrected chi connectivity index (χ0v) is 12.9. The maximum absolute atomic E-state index is 9.62. The molecular formula is C21H19NO. The molecule has 1 heterocycles. The van der Waals surface area contributed by atoms with Crippen LogP contribution in [0, 0.1) is 0 Å². The molecule has 0 radical (unpaired) electrons. The Morgan fingerprint density at radius 2 is 1.48 bits per heavy atom. The summed E-state index contributed by atoms with van der Waals surface area (Å²) in [5, 5.41) is 9.62. The van der Waals surface area contributed by atoms with Crippen molar-refractivity contribution in [2.45, 2.75) is 12.5 Å². The van der Waals surface area contributed by atoms with Crippen molar-refractivity contribution in [1.29, 1.82) is 0 Å². The number of nitrogens with zero attached hydrogens (tertiary/aromatic N) is 1. The third-order valence-electron chi connectivity index (χ3n) is 4.58. The SMILES string of the molecule is Oc1ccc(C2c3ccccc3CCN2c2ccccc2)cc1. The van der Waals surface area contributed by atoms with E-state index in [1.165, 1.54) is 22.4 Å². The lowest BCUT2D eigenvalue weighted by Gasteiger charge is -2.39. The Kier molecular flexibility index (Phi) is 3.51. The average Bonchev–Trinajstić information content (AvgIpc) is 2.62. The topological polar surface area (TPSA) is 23.5 Å². The molecule has 3 aromatic carbocycles. The van der Waals surface area contributed by atoms with Gasteiger partial charge in [-0.05, 0) is 47.4 Å². The molecule has 0 fully saturated rings. The summed E-state index contributed by atoms with van der Waals surface area (Å²) in [7, 11) is 0. The first-order chi connectivity index (χ1) is 11.3. The molecule has 0 spiro atoms. The molecule has 3 aromatic rings. The average molecular weight is 301 g/mol. The predicted molar refractivity (Wildman–Crippen MR) is 93.9 cm³/mol. The Morgan fingerprint density at radius 3 is 2.26 bits per heavy atom. The quantitative estimate of drug-likeness (QED) is 0.751. The van der Waals surface area contributed by atoms with Gasteiger partial charge >= 0.3 is 0 Å². The van der Waals surface area contributed by atoms with Gasteiger partial charge in [0.25, 0.3) is 0 Å². The van der Waals surface area contributed by atoms with Gasteiger partial charge in [-0.15, -0.1) is 0 Å². The molecular weight excluding hydrogens is 282 g/mol. The molecule has 2 heteroatoms. The van der Waals surface area contributed by atoms with Crippen LogP contribution in [0.2, 0.25) is 0 Å². The number of phenols is 1. The smallest absolute Gasteiger partial charge is 0.115 e. The van der Waals surface area contributed by atoms with Gasteiger partial charge in [-0.1, -0.05) is 54.6 Å². The third kappa shape index (κ3) is 2.57. The van der Waals surface area contributed by atoms with Crippen LogP contribution in [-0.4, -0.2) is 11.7 Å². The van der Waals surface area contributed by atoms with Crippen LogP contribution in [0.1, 0.15) is 22.7 Å². The van der Waals surface area contributed by atoms with Gasteiger partial charge in [-0.2, -0.15) is 0 Å². The second-order valence-electron chi connectivity index (χ2n) is 5.97. The van der Waals surface area contributed by atoms with Gasteiger partial charge in [0, 0.05) is 12.2 Å². The highest BCUT2D eigenvalue weighted by atomic mass is 16.3. The van der Waals surface area contributed by atoms with Crippen molar-refractivity contribution in [3.05, 3.63) is 95.6 Å². The zero-order valence-electron chi connectivity index (χ0n) is 12.9. The third-order valence-corrected chi connectivity index (χ3v) is 4.58. The van der Waals surface area contributed by atoms with Crippen LogP contribution in [0.4, 0.5) is 5.69 Å². The van der Waals surface area contributed by atoms with E-state index in [4.69, 9.17) is 0 Å². The van der Waals surface area contributed by atoms with E-state index in [1.54, 1.807) is 12.1 Å². The van der Waals surface area contributed by atoms with Crippen molar-refractivity contribution in [3.8, 4) is 5.75 Å². The summed E-state index contributed by atoms with van der Waals surface area (Å²) in [6, 6.07) is 27.0. The van der Waals surface area contributed by atoms with Crippen molar-refractivity contribution in [1.82, 2.24) is 0 Å². The van der Waals surface area contributed by atoms with E-state index in [2.05, 4.69) is 59.5 Å². The molecule has 1 N–H and O–H groups in total. The number of para-hydroxylation sites is 1. The van der Waals surface area contributed by atoms with E-state index < -0.39 is 0 Å². The standard InChI is InChI=1S/C21H19NO/c23-19-12-10-17(11-13-19)21-20-9-5-4-6-16(20)14-15-22(21)18-7-2-1-3-8-18/h1-13,21,23H,14-15H2. The van der Waals surface area contributed by atoms with Crippen LogP contribution in [0.3, 0.4) is 0 Å². The van der Waals surface area contributed by atoms with Crippen LogP contribution in [-0.2, 0) is 6.42 Å². The summed E-state index contributed by atoms with van der Waals surface area (Å²) < 4.78 is 0. The van der Waals surface area contributed by atoms with Gasteiger partial charge in [0.15, 0.2) is 0 Å². The first-order valence-corrected chi connectivity index (χ1v) is 8.01. The monoisotopic (exact) mass is 301 g/mol. The zero-order chi connectivity index (χ0) is 15.6. The van der Waals surface area contributed by atoms with Crippen LogP contribution in [0.5, 0.6) is 5.75 Å². The highest BCUT2D eigenvalue weighted by Gasteiger charge is 2.28. The number of hydrogen-bond donors (Lipinski definition) is 1. The Morgan fingerprint density at radius 1 is 0.783 bits per heavy atom. The second-order valence-corrected chi connectivity index (χ2v) is 5.97. The molecule has 1 aliphatic rings. The number of anilines is 1. The van der Waals surface area contributed by atoms with Crippen molar-refractivity contribution < 1.29 is 5.11 Å². The van der Waals surface area contributed by atoms with Crippen molar-refractivity contribution >= 4 is 5.69 Å². The van der Waals surface area contributed by atoms with E-state index >= 15 is 0 Å². The Bertz CT molecular complexity index is 796. The second kappa shape index (κ2) is 5.81. The molecule has 114 valence electrons. The molecule has 23 heavy (non-hydrogen) atoms. The molecule has 1 atom stereocenters. The van der Waals surface area contributed by atoms with Crippen molar-refractivity contribution in [2.24, 2.45) is 0 Å². The van der Waals surface area contributed by atoms with Gasteiger partial charge in [-0.25, -0.2) is 0 Å². The molecule has 0 saturated heterocycles. The minimum Gasteiger partial charge on any atom is -0.508 e. The van der Waals surface area contributed by atoms with Gasteiger partial charge in [0.2, 0.25) is 0 Å². The Hall–Kier alpha value is -2.74. The van der Waals surface area contributed by atoms with Gasteiger partial charge in [0.05, 0.1) is 6.04 Å². The van der Waals surface area contributed by atoms with Gasteiger partial charge < -0.3 is 10.0 Å². The van der Waals surface area contributed by atoms with Crippen LogP contribution in [0.25, 0.3) is 0 Å². The molecule has 0 aromatic heterocycles. The number of rotatable bonds is 2.